The van der Waals surface area contributed by atoms with E-state index in [-0.39, 0.29) is 18.0 Å². The number of morpholine rings is 1. The van der Waals surface area contributed by atoms with Crippen LogP contribution in [0.25, 0.3) is 0 Å². The maximum atomic E-state index is 12.9. The van der Waals surface area contributed by atoms with Crippen LogP contribution < -0.4 is 25.2 Å². The minimum Gasteiger partial charge on any atom is -0.494 e. The van der Waals surface area contributed by atoms with Crippen LogP contribution in [-0.2, 0) is 9.53 Å². The molecule has 3 aliphatic rings. The molecule has 0 unspecified atom stereocenters. The summed E-state index contributed by atoms with van der Waals surface area (Å²) in [5.41, 5.74) is 2.57. The van der Waals surface area contributed by atoms with Crippen molar-refractivity contribution in [2.75, 3.05) is 60.9 Å². The van der Waals surface area contributed by atoms with Crippen LogP contribution in [0, 0.1) is 0 Å². The van der Waals surface area contributed by atoms with E-state index in [1.54, 1.807) is 25.3 Å². The highest BCUT2D eigenvalue weighted by atomic mass is 16.5. The number of anilines is 5. The van der Waals surface area contributed by atoms with Gasteiger partial charge in [-0.05, 0) is 58.1 Å². The maximum absolute atomic E-state index is 12.9. The Hall–Kier alpha value is -3.11. The third kappa shape index (κ3) is 5.77. The van der Waals surface area contributed by atoms with Crippen LogP contribution in [0.4, 0.5) is 28.8 Å². The van der Waals surface area contributed by atoms with Crippen LogP contribution in [0.1, 0.15) is 52.9 Å². The van der Waals surface area contributed by atoms with Crippen molar-refractivity contribution < 1.29 is 14.3 Å². The lowest BCUT2D eigenvalue weighted by Gasteiger charge is -2.42. The van der Waals surface area contributed by atoms with Crippen LogP contribution in [-0.4, -0.2) is 85.4 Å². The molecule has 0 spiro atoms. The van der Waals surface area contributed by atoms with Crippen molar-refractivity contribution in [2.24, 2.45) is 0 Å². The van der Waals surface area contributed by atoms with E-state index in [1.165, 1.54) is 12.8 Å². The normalized spacial score (nSPS) is 24.1. The van der Waals surface area contributed by atoms with Gasteiger partial charge in [0.1, 0.15) is 17.5 Å². The molecule has 1 aromatic heterocycles. The van der Waals surface area contributed by atoms with E-state index in [0.717, 1.165) is 67.8 Å². The Labute approximate surface area is 232 Å². The van der Waals surface area contributed by atoms with Gasteiger partial charge < -0.3 is 29.9 Å². The number of fused-ring (bicyclic) bond motifs is 1. The topological polar surface area (TPSA) is 95.1 Å². The molecule has 212 valence electrons. The average molecular weight is 538 g/mol. The Bertz CT molecular complexity index is 1150. The third-order valence-corrected chi connectivity index (χ3v) is 8.33. The molecule has 2 N–H and O–H groups in total. The number of hydrogen-bond acceptors (Lipinski definition) is 9. The minimum atomic E-state index is -0.242. The second-order valence-corrected chi connectivity index (χ2v) is 11.1. The molecule has 10 nitrogen and oxygen atoms in total. The summed E-state index contributed by atoms with van der Waals surface area (Å²) in [6, 6.07) is 7.15. The van der Waals surface area contributed by atoms with Crippen molar-refractivity contribution in [3.8, 4) is 5.75 Å². The number of nitrogens with one attached hydrogen (secondary N) is 2. The molecule has 2 aromatic rings. The number of rotatable bonds is 8. The number of aromatic nitrogens is 2. The second kappa shape index (κ2) is 12.0. The predicted molar refractivity (Wildman–Crippen MR) is 155 cm³/mol. The zero-order valence-corrected chi connectivity index (χ0v) is 23.9. The molecule has 2 aliphatic heterocycles. The van der Waals surface area contributed by atoms with Gasteiger partial charge in [0, 0.05) is 50.0 Å². The molecule has 1 saturated heterocycles. The van der Waals surface area contributed by atoms with E-state index in [1.807, 2.05) is 19.1 Å². The first-order valence-corrected chi connectivity index (χ1v) is 14.4. The van der Waals surface area contributed by atoms with Gasteiger partial charge in [0.25, 0.3) is 0 Å². The molecular weight excluding hydrogens is 494 g/mol. The van der Waals surface area contributed by atoms with Gasteiger partial charge in [0.15, 0.2) is 5.82 Å². The lowest BCUT2D eigenvalue weighted by atomic mass is 9.89. The molecule has 39 heavy (non-hydrogen) atoms. The standard InChI is InChI=1S/C29H43N7O3/c1-6-24-28(37)34(4)25-18-30-29(33-27(25)36(24)19(2)3)32-23-12-9-21(17-26(23)38-5)31-20-7-10-22(11-8-20)35-13-15-39-16-14-35/h9,12,17-20,22,24,31H,6-8,10-11,13-16H2,1-5H3,(H,30,32,33)/t20?,22?,24-/m1/s1. The van der Waals surface area contributed by atoms with Gasteiger partial charge in [-0.1, -0.05) is 6.92 Å². The molecule has 1 aromatic carbocycles. The molecule has 1 saturated carbocycles. The Balaban J connectivity index is 1.27. The first-order chi connectivity index (χ1) is 18.9. The Morgan fingerprint density at radius 1 is 1.15 bits per heavy atom. The van der Waals surface area contributed by atoms with E-state index in [0.29, 0.717) is 24.5 Å². The van der Waals surface area contributed by atoms with Crippen LogP contribution in [0.2, 0.25) is 0 Å². The highest BCUT2D eigenvalue weighted by Gasteiger charge is 2.38. The molecule has 3 heterocycles. The SMILES string of the molecule is CC[C@@H]1C(=O)N(C)c2cnc(Nc3ccc(NC4CCC(N5CCOCC5)CC4)cc3OC)nc2N1C(C)C. The fourth-order valence-corrected chi connectivity index (χ4v) is 6.21. The Kier molecular flexibility index (Phi) is 8.42. The number of amides is 1. The molecule has 10 heteroatoms. The third-order valence-electron chi connectivity index (χ3n) is 8.33. The number of methoxy groups -OCH3 is 1. The van der Waals surface area contributed by atoms with Crippen molar-refractivity contribution in [1.82, 2.24) is 14.9 Å². The molecule has 0 radical (unpaired) electrons. The molecule has 5 rings (SSSR count). The van der Waals surface area contributed by atoms with Gasteiger partial charge in [-0.3, -0.25) is 9.69 Å². The molecule has 2 fully saturated rings. The van der Waals surface area contributed by atoms with E-state index < -0.39 is 0 Å². The number of carbonyl (C=O) groups excluding carboxylic acids is 1. The van der Waals surface area contributed by atoms with Gasteiger partial charge in [-0.25, -0.2) is 4.98 Å². The number of hydrogen-bond donors (Lipinski definition) is 2. The van der Waals surface area contributed by atoms with Crippen molar-refractivity contribution in [3.05, 3.63) is 24.4 Å². The van der Waals surface area contributed by atoms with Crippen molar-refractivity contribution in [1.29, 1.82) is 0 Å². The summed E-state index contributed by atoms with van der Waals surface area (Å²) in [7, 11) is 3.47. The quantitative estimate of drug-likeness (QED) is 0.512. The van der Waals surface area contributed by atoms with Crippen molar-refractivity contribution in [3.63, 3.8) is 0 Å². The summed E-state index contributed by atoms with van der Waals surface area (Å²) in [6.45, 7) is 10.1. The molecular formula is C29H43N7O3. The van der Waals surface area contributed by atoms with Gasteiger partial charge in [-0.15, -0.1) is 0 Å². The van der Waals surface area contributed by atoms with E-state index >= 15 is 0 Å². The van der Waals surface area contributed by atoms with Gasteiger partial charge in [0.05, 0.1) is 32.2 Å². The Morgan fingerprint density at radius 2 is 1.90 bits per heavy atom. The summed E-state index contributed by atoms with van der Waals surface area (Å²) < 4.78 is 11.3. The zero-order chi connectivity index (χ0) is 27.5. The van der Waals surface area contributed by atoms with Crippen molar-refractivity contribution in [2.45, 2.75) is 77.0 Å². The zero-order valence-electron chi connectivity index (χ0n) is 23.9. The number of nitrogens with zero attached hydrogens (tertiary/aromatic N) is 5. The summed E-state index contributed by atoms with van der Waals surface area (Å²) in [5.74, 6) is 2.03. The summed E-state index contributed by atoms with van der Waals surface area (Å²) in [4.78, 5) is 28.7. The monoisotopic (exact) mass is 537 g/mol. The smallest absolute Gasteiger partial charge is 0.249 e. The number of carbonyl (C=O) groups is 1. The molecule has 1 amide bonds. The number of benzene rings is 1. The van der Waals surface area contributed by atoms with Gasteiger partial charge >= 0.3 is 0 Å². The maximum Gasteiger partial charge on any atom is 0.249 e. The van der Waals surface area contributed by atoms with Crippen molar-refractivity contribution >= 4 is 34.7 Å². The summed E-state index contributed by atoms with van der Waals surface area (Å²) >= 11 is 0. The van der Waals surface area contributed by atoms with Crippen LogP contribution >= 0.6 is 0 Å². The molecule has 1 atom stereocenters. The van der Waals surface area contributed by atoms with Gasteiger partial charge in [-0.2, -0.15) is 4.98 Å². The fraction of sp³-hybridized carbons (Fsp3) is 0.621. The highest BCUT2D eigenvalue weighted by Crippen LogP contribution is 2.37. The highest BCUT2D eigenvalue weighted by molar-refractivity contribution is 6.04. The molecule has 1 aliphatic carbocycles. The second-order valence-electron chi connectivity index (χ2n) is 11.1. The van der Waals surface area contributed by atoms with E-state index in [4.69, 9.17) is 14.5 Å². The van der Waals surface area contributed by atoms with Crippen LogP contribution in [0.5, 0.6) is 5.75 Å². The molecule has 0 bridgehead atoms. The fourth-order valence-electron chi connectivity index (χ4n) is 6.21. The summed E-state index contributed by atoms with van der Waals surface area (Å²) in [5, 5.41) is 7.07. The van der Waals surface area contributed by atoms with Crippen LogP contribution in [0.3, 0.4) is 0 Å². The first-order valence-electron chi connectivity index (χ1n) is 14.4. The van der Waals surface area contributed by atoms with E-state index in [9.17, 15) is 4.79 Å². The number of likely N-dealkylation sites (N-methyl/N-ethyl adjacent to an activating group) is 1. The predicted octanol–water partition coefficient (Wildman–Crippen LogP) is 4.25. The number of ether oxygens (including phenoxy) is 2. The van der Waals surface area contributed by atoms with Gasteiger partial charge in [0.2, 0.25) is 11.9 Å². The van der Waals surface area contributed by atoms with E-state index in [2.05, 4.69) is 45.3 Å². The lowest BCUT2D eigenvalue weighted by molar-refractivity contribution is -0.120. The average Bonchev–Trinajstić information content (AvgIpc) is 2.96. The largest absolute Gasteiger partial charge is 0.494 e. The van der Waals surface area contributed by atoms with Crippen LogP contribution in [0.15, 0.2) is 24.4 Å². The Morgan fingerprint density at radius 3 is 2.56 bits per heavy atom. The lowest BCUT2D eigenvalue weighted by Crippen LogP contribution is -2.54. The first kappa shape index (κ1) is 27.5. The summed E-state index contributed by atoms with van der Waals surface area (Å²) in [6.07, 6.45) is 7.20. The minimum absolute atomic E-state index is 0.0716.